The minimum absolute atomic E-state index is 0. The number of thioether (sulfide) groups is 2. The van der Waals surface area contributed by atoms with Crippen LogP contribution in [0.5, 0.6) is 0 Å². The number of carboxylic acid groups (broad SMARTS) is 1. The summed E-state index contributed by atoms with van der Waals surface area (Å²) in [5.74, 6) is 0.684. The molecule has 0 bridgehead atoms. The van der Waals surface area contributed by atoms with E-state index in [0.29, 0.717) is 24.3 Å². The van der Waals surface area contributed by atoms with Crippen LogP contribution in [0.25, 0.3) is 11.1 Å². The summed E-state index contributed by atoms with van der Waals surface area (Å²) in [5.41, 5.74) is 4.24. The second kappa shape index (κ2) is 17.4. The standard InChI is InChI=1S/C30H41NO4S2.Li/c1-21-9-7-8-12-25(21)27-18-23(19-35-24(20-37-3)17-22-10-5-4-6-11-22)13-14-26(27)29(32)31-28(30(33)34)15-16-36-2;/h7-9,12-14,18,22,24,28H,4-6,10-11,15-17,19-20H2,1-3H3,(H,31,32)(H,33,34);/q;+1/p-1/t24?,28-;/m0./s1. The number of carboxylic acids is 1. The van der Waals surface area contributed by atoms with Crippen LogP contribution in [-0.2, 0) is 16.1 Å². The van der Waals surface area contributed by atoms with E-state index in [1.807, 2.05) is 61.3 Å². The number of hydrogen-bond acceptors (Lipinski definition) is 6. The summed E-state index contributed by atoms with van der Waals surface area (Å²) in [6.07, 6.45) is 12.3. The number of hydrogen-bond donors (Lipinski definition) is 1. The number of nitrogens with one attached hydrogen (secondary N) is 1. The number of carbonyl (C=O) groups excluding carboxylic acids is 2. The van der Waals surface area contributed by atoms with Crippen molar-refractivity contribution in [2.75, 3.05) is 24.0 Å². The van der Waals surface area contributed by atoms with E-state index in [-0.39, 0.29) is 25.0 Å². The van der Waals surface area contributed by atoms with Gasteiger partial charge in [-0.1, -0.05) is 62.4 Å². The quantitative estimate of drug-likeness (QED) is 0.365. The van der Waals surface area contributed by atoms with Gasteiger partial charge in [-0.25, -0.2) is 0 Å². The molecule has 0 aromatic heterocycles. The van der Waals surface area contributed by atoms with Gasteiger partial charge in [0.15, 0.2) is 0 Å². The van der Waals surface area contributed by atoms with Gasteiger partial charge in [0, 0.05) is 11.3 Å². The molecule has 1 fully saturated rings. The van der Waals surface area contributed by atoms with Gasteiger partial charge in [-0.2, -0.15) is 23.5 Å². The largest absolute Gasteiger partial charge is 1.00 e. The second-order valence-corrected chi connectivity index (χ2v) is 11.8. The molecule has 1 unspecified atom stereocenters. The van der Waals surface area contributed by atoms with Crippen molar-refractivity contribution in [1.82, 2.24) is 5.32 Å². The van der Waals surface area contributed by atoms with Gasteiger partial charge >= 0.3 is 18.9 Å². The van der Waals surface area contributed by atoms with Crippen molar-refractivity contribution in [3.05, 3.63) is 59.2 Å². The van der Waals surface area contributed by atoms with Crippen molar-refractivity contribution in [1.29, 1.82) is 0 Å². The Morgan fingerprint density at radius 3 is 2.45 bits per heavy atom. The zero-order chi connectivity index (χ0) is 26.6. The summed E-state index contributed by atoms with van der Waals surface area (Å²) >= 11 is 3.36. The van der Waals surface area contributed by atoms with Gasteiger partial charge in [-0.05, 0) is 78.3 Å². The predicted molar refractivity (Wildman–Crippen MR) is 154 cm³/mol. The molecule has 2 aromatic carbocycles. The van der Waals surface area contributed by atoms with E-state index in [1.165, 1.54) is 43.9 Å². The van der Waals surface area contributed by atoms with Crippen LogP contribution in [0.1, 0.15) is 66.4 Å². The molecule has 202 valence electrons. The van der Waals surface area contributed by atoms with E-state index in [2.05, 4.69) is 11.6 Å². The van der Waals surface area contributed by atoms with Crippen molar-refractivity contribution < 1.29 is 38.3 Å². The van der Waals surface area contributed by atoms with Crippen LogP contribution in [-0.4, -0.2) is 48.0 Å². The van der Waals surface area contributed by atoms with Crippen molar-refractivity contribution in [2.24, 2.45) is 5.92 Å². The number of aliphatic carboxylic acids is 1. The van der Waals surface area contributed by atoms with Crippen molar-refractivity contribution in [3.8, 4) is 11.1 Å². The molecule has 5 nitrogen and oxygen atoms in total. The average Bonchev–Trinajstić information content (AvgIpc) is 2.90. The molecule has 8 heteroatoms. The van der Waals surface area contributed by atoms with Crippen LogP contribution in [0.15, 0.2) is 42.5 Å². The second-order valence-electron chi connectivity index (χ2n) is 9.95. The third kappa shape index (κ3) is 9.99. The number of ether oxygens (including phenoxy) is 1. The molecule has 1 N–H and O–H groups in total. The Morgan fingerprint density at radius 2 is 1.79 bits per heavy atom. The zero-order valence-electron chi connectivity index (χ0n) is 23.3. The minimum atomic E-state index is -1.26. The first-order valence-corrected chi connectivity index (χ1v) is 16.0. The van der Waals surface area contributed by atoms with E-state index in [0.717, 1.165) is 40.3 Å². The first-order valence-electron chi connectivity index (χ1n) is 13.2. The molecule has 0 saturated heterocycles. The number of aryl methyl sites for hydroxylation is 1. The fourth-order valence-corrected chi connectivity index (χ4v) is 6.15. The van der Waals surface area contributed by atoms with Gasteiger partial charge in [0.25, 0.3) is 5.91 Å². The number of amides is 1. The monoisotopic (exact) mass is 549 g/mol. The molecule has 1 amide bonds. The summed E-state index contributed by atoms with van der Waals surface area (Å²) in [6.45, 7) is 2.50. The SMILES string of the molecule is CSCC[C@H](NC(=O)c1ccc(COC(CSC)CC2CCCCC2)cc1-c1ccccc1C)C(=O)[O-].[Li+]. The molecule has 38 heavy (non-hydrogen) atoms. The Hall–Kier alpha value is -1.36. The topological polar surface area (TPSA) is 78.5 Å². The van der Waals surface area contributed by atoms with Crippen molar-refractivity contribution in [2.45, 2.75) is 70.6 Å². The van der Waals surface area contributed by atoms with Crippen LogP contribution < -0.4 is 29.3 Å². The van der Waals surface area contributed by atoms with Crippen molar-refractivity contribution >= 4 is 35.4 Å². The number of rotatable bonds is 14. The third-order valence-corrected chi connectivity index (χ3v) is 8.47. The minimum Gasteiger partial charge on any atom is -0.548 e. The average molecular weight is 550 g/mol. The van der Waals surface area contributed by atoms with Gasteiger partial charge in [-0.3, -0.25) is 4.79 Å². The predicted octanol–water partition coefficient (Wildman–Crippen LogP) is 2.49. The third-order valence-electron chi connectivity index (χ3n) is 7.12. The van der Waals surface area contributed by atoms with Gasteiger partial charge < -0.3 is 20.0 Å². The molecule has 1 saturated carbocycles. The van der Waals surface area contributed by atoms with Crippen LogP contribution in [0.3, 0.4) is 0 Å². The van der Waals surface area contributed by atoms with Crippen LogP contribution in [0.4, 0.5) is 0 Å². The Morgan fingerprint density at radius 1 is 1.05 bits per heavy atom. The molecular weight excluding hydrogens is 509 g/mol. The first kappa shape index (κ1) is 32.8. The summed E-state index contributed by atoms with van der Waals surface area (Å²) in [6, 6.07) is 12.6. The molecule has 1 aliphatic rings. The Balaban J connectivity index is 0.00000507. The Labute approximate surface area is 248 Å². The molecule has 1 aliphatic carbocycles. The van der Waals surface area contributed by atoms with E-state index in [9.17, 15) is 14.7 Å². The zero-order valence-corrected chi connectivity index (χ0v) is 24.9. The summed E-state index contributed by atoms with van der Waals surface area (Å²) in [7, 11) is 0. The van der Waals surface area contributed by atoms with Gasteiger partial charge in [0.2, 0.25) is 0 Å². The van der Waals surface area contributed by atoms with E-state index in [1.54, 1.807) is 6.07 Å². The van der Waals surface area contributed by atoms with Gasteiger partial charge in [0.05, 0.1) is 24.7 Å². The Bertz CT molecular complexity index is 1030. The van der Waals surface area contributed by atoms with Crippen LogP contribution >= 0.6 is 23.5 Å². The van der Waals surface area contributed by atoms with Crippen LogP contribution in [0.2, 0.25) is 0 Å². The molecule has 2 atom stereocenters. The summed E-state index contributed by atoms with van der Waals surface area (Å²) in [4.78, 5) is 24.9. The maximum atomic E-state index is 13.3. The molecule has 2 aromatic rings. The maximum absolute atomic E-state index is 13.3. The van der Waals surface area contributed by atoms with Gasteiger partial charge in [0.1, 0.15) is 0 Å². The number of benzene rings is 2. The molecule has 0 heterocycles. The normalized spacial score (nSPS) is 15.3. The molecule has 0 radical (unpaired) electrons. The van der Waals surface area contributed by atoms with E-state index >= 15 is 0 Å². The number of carbonyl (C=O) groups is 2. The van der Waals surface area contributed by atoms with E-state index in [4.69, 9.17) is 4.74 Å². The summed E-state index contributed by atoms with van der Waals surface area (Å²) < 4.78 is 6.42. The first-order chi connectivity index (χ1) is 17.9. The maximum Gasteiger partial charge on any atom is 1.00 e. The molecule has 0 spiro atoms. The van der Waals surface area contributed by atoms with Gasteiger partial charge in [-0.15, -0.1) is 0 Å². The van der Waals surface area contributed by atoms with Crippen LogP contribution in [0, 0.1) is 12.8 Å². The fourth-order valence-electron chi connectivity index (χ4n) is 5.08. The fraction of sp³-hybridized carbons (Fsp3) is 0.533. The molecule has 0 aliphatic heterocycles. The van der Waals surface area contributed by atoms with E-state index < -0.39 is 17.9 Å². The summed E-state index contributed by atoms with van der Waals surface area (Å²) in [5, 5.41) is 14.3. The molecular formula is C30H40LiNO4S2. The van der Waals surface area contributed by atoms with Crippen molar-refractivity contribution in [3.63, 3.8) is 0 Å². The Kier molecular flexibility index (Phi) is 15.0. The smallest absolute Gasteiger partial charge is 0.548 e. The molecule has 3 rings (SSSR count).